The fourth-order valence-electron chi connectivity index (χ4n) is 4.23. The number of hydrogen-bond acceptors (Lipinski definition) is 4. The van der Waals surface area contributed by atoms with E-state index >= 15 is 0 Å². The molecule has 1 aliphatic carbocycles. The maximum absolute atomic E-state index is 13.2. The lowest BCUT2D eigenvalue weighted by Crippen LogP contribution is -2.31. The fraction of sp³-hybridized carbons (Fsp3) is 0.400. The van der Waals surface area contributed by atoms with E-state index in [9.17, 15) is 4.79 Å². The number of carbonyl (C=O) groups excluding carboxylic acids is 1. The van der Waals surface area contributed by atoms with Crippen molar-refractivity contribution in [3.63, 3.8) is 0 Å². The van der Waals surface area contributed by atoms with Crippen LogP contribution in [0.1, 0.15) is 58.1 Å². The average molecular weight is 391 g/mol. The molecule has 0 bridgehead atoms. The SMILES string of the molecule is CCCCOc1ccc([C@@H]2Nc3ccccc3NC3=C2C(=O)CC(C)(C)C3)cc1. The molecule has 2 aliphatic rings. The van der Waals surface area contributed by atoms with Crippen LogP contribution in [-0.2, 0) is 4.79 Å². The van der Waals surface area contributed by atoms with Crippen LogP contribution < -0.4 is 15.4 Å². The molecule has 0 saturated heterocycles. The van der Waals surface area contributed by atoms with E-state index in [0.717, 1.165) is 59.8 Å². The number of para-hydroxylation sites is 2. The molecule has 0 fully saturated rings. The Balaban J connectivity index is 1.71. The highest BCUT2D eigenvalue weighted by molar-refractivity contribution is 6.01. The summed E-state index contributed by atoms with van der Waals surface area (Å²) in [5.41, 5.74) is 4.97. The lowest BCUT2D eigenvalue weighted by atomic mass is 9.73. The third-order valence-corrected chi connectivity index (χ3v) is 5.70. The molecule has 2 N–H and O–H groups in total. The van der Waals surface area contributed by atoms with Gasteiger partial charge in [0, 0.05) is 17.7 Å². The monoisotopic (exact) mass is 390 g/mol. The Hall–Kier alpha value is -2.75. The molecule has 4 nitrogen and oxygen atoms in total. The normalized spacial score (nSPS) is 20.1. The second-order valence-electron chi connectivity index (χ2n) is 8.85. The van der Waals surface area contributed by atoms with E-state index < -0.39 is 0 Å². The van der Waals surface area contributed by atoms with Crippen LogP contribution in [0.15, 0.2) is 59.8 Å². The van der Waals surface area contributed by atoms with Gasteiger partial charge < -0.3 is 15.4 Å². The van der Waals surface area contributed by atoms with E-state index in [4.69, 9.17) is 4.74 Å². The van der Waals surface area contributed by atoms with Crippen LogP contribution in [0.4, 0.5) is 11.4 Å². The molecule has 152 valence electrons. The van der Waals surface area contributed by atoms with Crippen molar-refractivity contribution < 1.29 is 9.53 Å². The zero-order valence-electron chi connectivity index (χ0n) is 17.5. The molecule has 29 heavy (non-hydrogen) atoms. The van der Waals surface area contributed by atoms with E-state index in [-0.39, 0.29) is 17.2 Å². The molecule has 1 aliphatic heterocycles. The predicted octanol–water partition coefficient (Wildman–Crippen LogP) is 6.09. The summed E-state index contributed by atoms with van der Waals surface area (Å²) in [6.45, 7) is 7.22. The average Bonchev–Trinajstić information content (AvgIpc) is 2.84. The molecule has 2 aromatic carbocycles. The Morgan fingerprint density at radius 2 is 1.76 bits per heavy atom. The molecule has 1 heterocycles. The highest BCUT2D eigenvalue weighted by Gasteiger charge is 2.38. The number of carbonyl (C=O) groups is 1. The molecule has 0 saturated carbocycles. The Morgan fingerprint density at radius 1 is 1.03 bits per heavy atom. The van der Waals surface area contributed by atoms with Gasteiger partial charge in [-0.25, -0.2) is 0 Å². The summed E-state index contributed by atoms with van der Waals surface area (Å²) in [4.78, 5) is 13.2. The zero-order chi connectivity index (χ0) is 20.4. The highest BCUT2D eigenvalue weighted by Crippen LogP contribution is 2.45. The molecule has 1 atom stereocenters. The number of anilines is 2. The van der Waals surface area contributed by atoms with Gasteiger partial charge in [-0.05, 0) is 48.1 Å². The number of Topliss-reactive ketones (excluding diaryl/α,β-unsaturated/α-hetero) is 1. The molecular weight excluding hydrogens is 360 g/mol. The molecule has 4 rings (SSSR count). The maximum Gasteiger partial charge on any atom is 0.163 e. The molecular formula is C25H30N2O2. The fourth-order valence-corrected chi connectivity index (χ4v) is 4.23. The number of benzene rings is 2. The predicted molar refractivity (Wildman–Crippen MR) is 118 cm³/mol. The second kappa shape index (κ2) is 7.94. The number of hydrogen-bond donors (Lipinski definition) is 2. The van der Waals surface area contributed by atoms with Crippen molar-refractivity contribution in [3.8, 4) is 5.75 Å². The Kier molecular flexibility index (Phi) is 5.35. The minimum Gasteiger partial charge on any atom is -0.494 e. The first-order chi connectivity index (χ1) is 14.0. The van der Waals surface area contributed by atoms with Crippen LogP contribution >= 0.6 is 0 Å². The van der Waals surface area contributed by atoms with Crippen LogP contribution in [0.25, 0.3) is 0 Å². The summed E-state index contributed by atoms with van der Waals surface area (Å²) in [7, 11) is 0. The molecule has 4 heteroatoms. The number of fused-ring (bicyclic) bond motifs is 1. The Labute approximate surface area is 173 Å². The van der Waals surface area contributed by atoms with Gasteiger partial charge in [0.25, 0.3) is 0 Å². The number of unbranched alkanes of at least 4 members (excludes halogenated alkanes) is 1. The highest BCUT2D eigenvalue weighted by atomic mass is 16.5. The summed E-state index contributed by atoms with van der Waals surface area (Å²) in [5.74, 6) is 1.09. The number of rotatable bonds is 5. The molecule has 0 spiro atoms. The van der Waals surface area contributed by atoms with Crippen molar-refractivity contribution in [2.24, 2.45) is 5.41 Å². The van der Waals surface area contributed by atoms with Crippen LogP contribution in [0.2, 0.25) is 0 Å². The third-order valence-electron chi connectivity index (χ3n) is 5.70. The van der Waals surface area contributed by atoms with Crippen LogP contribution in [-0.4, -0.2) is 12.4 Å². The van der Waals surface area contributed by atoms with Crippen molar-refractivity contribution in [2.75, 3.05) is 17.2 Å². The van der Waals surface area contributed by atoms with Crippen molar-refractivity contribution in [3.05, 3.63) is 65.4 Å². The van der Waals surface area contributed by atoms with Crippen molar-refractivity contribution in [1.29, 1.82) is 0 Å². The summed E-state index contributed by atoms with van der Waals surface area (Å²) in [6.07, 6.45) is 3.60. The second-order valence-corrected chi connectivity index (χ2v) is 8.85. The van der Waals surface area contributed by atoms with Crippen LogP contribution in [0.3, 0.4) is 0 Å². The molecule has 2 aromatic rings. The van der Waals surface area contributed by atoms with Crippen molar-refractivity contribution in [2.45, 2.75) is 52.5 Å². The topological polar surface area (TPSA) is 50.4 Å². The first kappa shape index (κ1) is 19.6. The quantitative estimate of drug-likeness (QED) is 0.607. The van der Waals surface area contributed by atoms with Gasteiger partial charge in [-0.2, -0.15) is 0 Å². The number of ether oxygens (including phenoxy) is 1. The van der Waals surface area contributed by atoms with Crippen molar-refractivity contribution in [1.82, 2.24) is 0 Å². The lowest BCUT2D eigenvalue weighted by molar-refractivity contribution is -0.118. The van der Waals surface area contributed by atoms with Gasteiger partial charge in [-0.15, -0.1) is 0 Å². The number of ketones is 1. The minimum atomic E-state index is -0.172. The largest absolute Gasteiger partial charge is 0.494 e. The standard InChI is InChI=1S/C25H30N2O2/c1-4-5-14-29-18-12-10-17(11-13-18)24-23-21(15-25(2,3)16-22(23)28)26-19-8-6-7-9-20(19)27-24/h6-13,24,26-27H,4-5,14-16H2,1-3H3/t24-/m0/s1. The van der Waals surface area contributed by atoms with Gasteiger partial charge in [0.1, 0.15) is 5.75 Å². The third kappa shape index (κ3) is 4.16. The molecule has 0 aromatic heterocycles. The zero-order valence-corrected chi connectivity index (χ0v) is 17.5. The van der Waals surface area contributed by atoms with Gasteiger partial charge in [0.05, 0.1) is 24.0 Å². The first-order valence-corrected chi connectivity index (χ1v) is 10.6. The van der Waals surface area contributed by atoms with Crippen LogP contribution in [0.5, 0.6) is 5.75 Å². The Bertz CT molecular complexity index is 928. The van der Waals surface area contributed by atoms with Gasteiger partial charge >= 0.3 is 0 Å². The van der Waals surface area contributed by atoms with Gasteiger partial charge in [-0.1, -0.05) is 51.5 Å². The van der Waals surface area contributed by atoms with E-state index in [1.807, 2.05) is 24.3 Å². The first-order valence-electron chi connectivity index (χ1n) is 10.6. The summed E-state index contributed by atoms with van der Waals surface area (Å²) < 4.78 is 5.81. The smallest absolute Gasteiger partial charge is 0.163 e. The molecule has 0 amide bonds. The summed E-state index contributed by atoms with van der Waals surface area (Å²) >= 11 is 0. The molecule has 0 radical (unpaired) electrons. The van der Waals surface area contributed by atoms with Gasteiger partial charge in [0.15, 0.2) is 5.78 Å². The van der Waals surface area contributed by atoms with Crippen molar-refractivity contribution >= 4 is 17.2 Å². The van der Waals surface area contributed by atoms with E-state index in [0.29, 0.717) is 6.42 Å². The summed E-state index contributed by atoms with van der Waals surface area (Å²) in [5, 5.41) is 7.19. The van der Waals surface area contributed by atoms with Gasteiger partial charge in [-0.3, -0.25) is 4.79 Å². The van der Waals surface area contributed by atoms with E-state index in [2.05, 4.69) is 55.7 Å². The Morgan fingerprint density at radius 3 is 2.48 bits per heavy atom. The lowest BCUT2D eigenvalue weighted by Gasteiger charge is -2.34. The van der Waals surface area contributed by atoms with Gasteiger partial charge in [0.2, 0.25) is 0 Å². The molecule has 0 unspecified atom stereocenters. The number of allylic oxidation sites excluding steroid dienone is 1. The minimum absolute atomic E-state index is 0.0380. The summed E-state index contributed by atoms with van der Waals surface area (Å²) in [6, 6.07) is 16.2. The van der Waals surface area contributed by atoms with Crippen LogP contribution in [0, 0.1) is 5.41 Å². The van der Waals surface area contributed by atoms with E-state index in [1.54, 1.807) is 0 Å². The maximum atomic E-state index is 13.2. The number of nitrogens with one attached hydrogen (secondary N) is 2. The van der Waals surface area contributed by atoms with E-state index in [1.165, 1.54) is 0 Å².